The van der Waals surface area contributed by atoms with Crippen molar-refractivity contribution < 1.29 is 9.18 Å². The zero-order valence-corrected chi connectivity index (χ0v) is 14.3. The SMILES string of the molecule is O=C(c1ccc(Cl)cc1)N1CCC(c2nc3ccc(F)cc3[nH]2)CC1. The van der Waals surface area contributed by atoms with Crippen molar-refractivity contribution in [3.8, 4) is 0 Å². The number of benzene rings is 2. The Morgan fingerprint density at radius 3 is 2.60 bits per heavy atom. The van der Waals surface area contributed by atoms with Crippen LogP contribution in [0.15, 0.2) is 42.5 Å². The summed E-state index contributed by atoms with van der Waals surface area (Å²) in [5, 5.41) is 0.622. The van der Waals surface area contributed by atoms with Crippen molar-refractivity contribution in [1.82, 2.24) is 14.9 Å². The Hall–Kier alpha value is -2.40. The van der Waals surface area contributed by atoms with Crippen LogP contribution >= 0.6 is 11.6 Å². The van der Waals surface area contributed by atoms with E-state index >= 15 is 0 Å². The molecule has 4 rings (SSSR count). The zero-order chi connectivity index (χ0) is 17.4. The molecule has 1 fully saturated rings. The van der Waals surface area contributed by atoms with E-state index in [1.54, 1.807) is 30.3 Å². The van der Waals surface area contributed by atoms with Gasteiger partial charge in [0.05, 0.1) is 11.0 Å². The molecule has 1 saturated heterocycles. The molecule has 25 heavy (non-hydrogen) atoms. The van der Waals surface area contributed by atoms with Crippen molar-refractivity contribution >= 4 is 28.5 Å². The molecule has 0 aliphatic carbocycles. The molecule has 0 saturated carbocycles. The molecule has 0 spiro atoms. The van der Waals surface area contributed by atoms with E-state index in [9.17, 15) is 9.18 Å². The number of rotatable bonds is 2. The average molecular weight is 358 g/mol. The second-order valence-corrected chi connectivity index (χ2v) is 6.79. The summed E-state index contributed by atoms with van der Waals surface area (Å²) in [6.45, 7) is 1.36. The van der Waals surface area contributed by atoms with Crippen LogP contribution in [-0.2, 0) is 0 Å². The molecule has 1 amide bonds. The van der Waals surface area contributed by atoms with Crippen molar-refractivity contribution in [2.75, 3.05) is 13.1 Å². The van der Waals surface area contributed by atoms with Crippen LogP contribution in [0.2, 0.25) is 5.02 Å². The van der Waals surface area contributed by atoms with Crippen molar-refractivity contribution in [3.63, 3.8) is 0 Å². The van der Waals surface area contributed by atoms with Gasteiger partial charge in [0.1, 0.15) is 11.6 Å². The van der Waals surface area contributed by atoms with E-state index in [2.05, 4.69) is 9.97 Å². The first kappa shape index (κ1) is 16.1. The number of nitrogens with one attached hydrogen (secondary N) is 1. The minimum absolute atomic E-state index is 0.0294. The lowest BCUT2D eigenvalue weighted by molar-refractivity contribution is 0.0711. The molecule has 1 N–H and O–H groups in total. The number of nitrogens with zero attached hydrogens (tertiary/aromatic N) is 2. The molecule has 0 atom stereocenters. The number of aromatic nitrogens is 2. The van der Waals surface area contributed by atoms with Gasteiger partial charge in [0.15, 0.2) is 0 Å². The van der Waals surface area contributed by atoms with E-state index in [0.717, 1.165) is 29.7 Å². The highest BCUT2D eigenvalue weighted by Crippen LogP contribution is 2.28. The van der Waals surface area contributed by atoms with Crippen LogP contribution in [-0.4, -0.2) is 33.9 Å². The van der Waals surface area contributed by atoms with Gasteiger partial charge < -0.3 is 9.88 Å². The number of carbonyl (C=O) groups excluding carboxylic acids is 1. The molecule has 2 heterocycles. The van der Waals surface area contributed by atoms with Crippen LogP contribution in [0, 0.1) is 5.82 Å². The smallest absolute Gasteiger partial charge is 0.253 e. The van der Waals surface area contributed by atoms with E-state index in [1.807, 2.05) is 4.90 Å². The molecule has 0 radical (unpaired) electrons. The third-order valence-electron chi connectivity index (χ3n) is 4.72. The van der Waals surface area contributed by atoms with E-state index in [4.69, 9.17) is 11.6 Å². The zero-order valence-electron chi connectivity index (χ0n) is 13.5. The number of hydrogen-bond donors (Lipinski definition) is 1. The molecule has 6 heteroatoms. The number of amides is 1. The second-order valence-electron chi connectivity index (χ2n) is 6.36. The molecule has 4 nitrogen and oxygen atoms in total. The molecule has 1 aliphatic heterocycles. The van der Waals surface area contributed by atoms with Crippen LogP contribution < -0.4 is 0 Å². The largest absolute Gasteiger partial charge is 0.342 e. The Balaban J connectivity index is 1.45. The number of H-pyrrole nitrogens is 1. The van der Waals surface area contributed by atoms with Crippen molar-refractivity contribution in [3.05, 3.63) is 64.7 Å². The first-order valence-electron chi connectivity index (χ1n) is 8.30. The first-order chi connectivity index (χ1) is 12.1. The summed E-state index contributed by atoms with van der Waals surface area (Å²) in [4.78, 5) is 22.2. The van der Waals surface area contributed by atoms with Crippen LogP contribution in [0.3, 0.4) is 0 Å². The highest BCUT2D eigenvalue weighted by molar-refractivity contribution is 6.30. The lowest BCUT2D eigenvalue weighted by Crippen LogP contribution is -2.38. The minimum atomic E-state index is -0.272. The number of halogens is 2. The number of hydrogen-bond acceptors (Lipinski definition) is 2. The number of piperidine rings is 1. The van der Waals surface area contributed by atoms with Gasteiger partial charge in [0.25, 0.3) is 5.91 Å². The molecular weight excluding hydrogens is 341 g/mol. The highest BCUT2D eigenvalue weighted by Gasteiger charge is 2.26. The van der Waals surface area contributed by atoms with Gasteiger partial charge in [0, 0.05) is 29.6 Å². The Morgan fingerprint density at radius 1 is 1.16 bits per heavy atom. The summed E-state index contributed by atoms with van der Waals surface area (Å²) in [5.74, 6) is 0.886. The standard InChI is InChI=1S/C19H17ClFN3O/c20-14-3-1-13(2-4-14)19(25)24-9-7-12(8-10-24)18-22-16-6-5-15(21)11-17(16)23-18/h1-6,11-12H,7-10H2,(H,22,23). The fraction of sp³-hybridized carbons (Fsp3) is 0.263. The van der Waals surface area contributed by atoms with Crippen LogP contribution in [0.4, 0.5) is 4.39 Å². The molecule has 128 valence electrons. The Labute approximate surface area is 149 Å². The third-order valence-corrected chi connectivity index (χ3v) is 4.97. The molecule has 3 aromatic rings. The maximum atomic E-state index is 13.3. The summed E-state index contributed by atoms with van der Waals surface area (Å²) in [5.41, 5.74) is 2.15. The highest BCUT2D eigenvalue weighted by atomic mass is 35.5. The summed E-state index contributed by atoms with van der Waals surface area (Å²) in [6.07, 6.45) is 1.67. The van der Waals surface area contributed by atoms with Crippen LogP contribution in [0.1, 0.15) is 34.9 Å². The van der Waals surface area contributed by atoms with Gasteiger partial charge in [-0.15, -0.1) is 0 Å². The van der Waals surface area contributed by atoms with Gasteiger partial charge in [-0.05, 0) is 55.3 Å². The number of aromatic amines is 1. The quantitative estimate of drug-likeness (QED) is 0.740. The van der Waals surface area contributed by atoms with Crippen LogP contribution in [0.25, 0.3) is 11.0 Å². The molecule has 0 unspecified atom stereocenters. The fourth-order valence-corrected chi connectivity index (χ4v) is 3.45. The Kier molecular flexibility index (Phi) is 4.17. The Bertz CT molecular complexity index is 914. The molecular formula is C19H17ClFN3O. The number of imidazole rings is 1. The third kappa shape index (κ3) is 3.24. The summed E-state index contributed by atoms with van der Waals surface area (Å²) < 4.78 is 13.3. The van der Waals surface area contributed by atoms with Gasteiger partial charge >= 0.3 is 0 Å². The molecule has 1 aliphatic rings. The maximum Gasteiger partial charge on any atom is 0.253 e. The van der Waals surface area contributed by atoms with Gasteiger partial charge in [-0.25, -0.2) is 9.37 Å². The summed E-state index contributed by atoms with van der Waals surface area (Å²) in [6, 6.07) is 11.5. The van der Waals surface area contributed by atoms with E-state index in [0.29, 0.717) is 23.7 Å². The van der Waals surface area contributed by atoms with Gasteiger partial charge in [-0.1, -0.05) is 11.6 Å². The van der Waals surface area contributed by atoms with Crippen molar-refractivity contribution in [1.29, 1.82) is 0 Å². The molecule has 0 bridgehead atoms. The van der Waals surface area contributed by atoms with E-state index in [1.165, 1.54) is 12.1 Å². The normalized spacial score (nSPS) is 15.7. The van der Waals surface area contributed by atoms with Gasteiger partial charge in [-0.3, -0.25) is 4.79 Å². The number of fused-ring (bicyclic) bond motifs is 1. The van der Waals surface area contributed by atoms with Crippen molar-refractivity contribution in [2.45, 2.75) is 18.8 Å². The maximum absolute atomic E-state index is 13.3. The minimum Gasteiger partial charge on any atom is -0.342 e. The van der Waals surface area contributed by atoms with Crippen molar-refractivity contribution in [2.24, 2.45) is 0 Å². The lowest BCUT2D eigenvalue weighted by atomic mass is 9.95. The predicted octanol–water partition coefficient (Wildman–Crippen LogP) is 4.38. The Morgan fingerprint density at radius 2 is 1.88 bits per heavy atom. The van der Waals surface area contributed by atoms with Gasteiger partial charge in [-0.2, -0.15) is 0 Å². The fourth-order valence-electron chi connectivity index (χ4n) is 3.33. The average Bonchev–Trinajstić information content (AvgIpc) is 3.05. The van der Waals surface area contributed by atoms with E-state index < -0.39 is 0 Å². The van der Waals surface area contributed by atoms with E-state index in [-0.39, 0.29) is 17.6 Å². The molecule has 1 aromatic heterocycles. The first-order valence-corrected chi connectivity index (χ1v) is 8.68. The lowest BCUT2D eigenvalue weighted by Gasteiger charge is -2.31. The predicted molar refractivity (Wildman–Crippen MR) is 95.4 cm³/mol. The summed E-state index contributed by atoms with van der Waals surface area (Å²) >= 11 is 5.87. The summed E-state index contributed by atoms with van der Waals surface area (Å²) in [7, 11) is 0. The second kappa shape index (κ2) is 6.48. The van der Waals surface area contributed by atoms with Gasteiger partial charge in [0.2, 0.25) is 0 Å². The number of carbonyl (C=O) groups is 1. The van der Waals surface area contributed by atoms with Crippen LogP contribution in [0.5, 0.6) is 0 Å². The number of likely N-dealkylation sites (tertiary alicyclic amines) is 1. The molecule has 2 aromatic carbocycles. The topological polar surface area (TPSA) is 49.0 Å². The monoisotopic (exact) mass is 357 g/mol.